The zero-order valence-electron chi connectivity index (χ0n) is 15.0. The Bertz CT molecular complexity index is 492. The van der Waals surface area contributed by atoms with E-state index >= 15 is 0 Å². The first-order chi connectivity index (χ1) is 11.3. The third-order valence-electron chi connectivity index (χ3n) is 4.31. The second kappa shape index (κ2) is 10.3. The number of aliphatic hydroxyl groups excluding tert-OH is 1. The molecule has 0 aromatic rings. The zero-order valence-corrected chi connectivity index (χ0v) is 15.0. The molecule has 1 fully saturated rings. The van der Waals surface area contributed by atoms with E-state index in [0.717, 1.165) is 12.0 Å². The molecule has 0 saturated carbocycles. The Labute approximate surface area is 144 Å². The number of rotatable bonds is 9. The van der Waals surface area contributed by atoms with E-state index in [2.05, 4.69) is 19.9 Å². The van der Waals surface area contributed by atoms with Gasteiger partial charge in [-0.1, -0.05) is 51.7 Å². The van der Waals surface area contributed by atoms with E-state index in [9.17, 15) is 14.7 Å². The van der Waals surface area contributed by atoms with E-state index in [4.69, 9.17) is 9.84 Å². The molecular formula is C19H30O5. The fraction of sp³-hybridized carbons (Fsp3) is 0.684. The smallest absolute Gasteiger partial charge is 0.334 e. The van der Waals surface area contributed by atoms with Crippen LogP contribution in [0.1, 0.15) is 65.7 Å². The number of carboxylic acids is 1. The molecule has 0 amide bonds. The van der Waals surface area contributed by atoms with Crippen LogP contribution in [0.4, 0.5) is 0 Å². The predicted octanol–water partition coefficient (Wildman–Crippen LogP) is 3.62. The maximum Gasteiger partial charge on any atom is 0.334 e. The summed E-state index contributed by atoms with van der Waals surface area (Å²) < 4.78 is 5.33. The Morgan fingerprint density at radius 1 is 1.38 bits per heavy atom. The second-order valence-electron chi connectivity index (χ2n) is 6.66. The molecule has 1 aliphatic heterocycles. The quantitative estimate of drug-likeness (QED) is 0.290. The van der Waals surface area contributed by atoms with Crippen LogP contribution in [-0.2, 0) is 14.3 Å². The number of hydrogen-bond acceptors (Lipinski definition) is 4. The molecule has 0 aromatic carbocycles. The van der Waals surface area contributed by atoms with Crippen molar-refractivity contribution in [2.24, 2.45) is 5.92 Å². The van der Waals surface area contributed by atoms with Crippen molar-refractivity contribution in [2.75, 3.05) is 0 Å². The van der Waals surface area contributed by atoms with Gasteiger partial charge < -0.3 is 14.9 Å². The number of unbranched alkanes of at least 4 members (excludes halogenated alkanes) is 3. The molecule has 0 bridgehead atoms. The number of carboxylic acid groups (broad SMARTS) is 1. The summed E-state index contributed by atoms with van der Waals surface area (Å²) in [6.45, 7) is 6.19. The van der Waals surface area contributed by atoms with Crippen LogP contribution in [0.3, 0.4) is 0 Å². The Morgan fingerprint density at radius 3 is 2.71 bits per heavy atom. The molecule has 24 heavy (non-hydrogen) atoms. The minimum atomic E-state index is -1.01. The van der Waals surface area contributed by atoms with Crippen LogP contribution in [0.5, 0.6) is 0 Å². The molecule has 2 N–H and O–H groups in total. The molecule has 0 spiro atoms. The SMILES string of the molecule is CCCCCCC(C)C=C(C)C1OC(=O)C(=CCC(=O)O)CC1O. The van der Waals surface area contributed by atoms with Gasteiger partial charge in [0.05, 0.1) is 12.5 Å². The number of carbonyl (C=O) groups excluding carboxylic acids is 1. The van der Waals surface area contributed by atoms with E-state index < -0.39 is 24.1 Å². The lowest BCUT2D eigenvalue weighted by Crippen LogP contribution is -2.39. The van der Waals surface area contributed by atoms with Crippen molar-refractivity contribution >= 4 is 11.9 Å². The molecule has 5 heteroatoms. The van der Waals surface area contributed by atoms with Gasteiger partial charge in [-0.05, 0) is 24.8 Å². The van der Waals surface area contributed by atoms with Crippen LogP contribution in [0.15, 0.2) is 23.3 Å². The standard InChI is InChI=1S/C19H30O5/c1-4-5-6-7-8-13(2)11-14(3)18-16(20)12-15(19(23)24-18)9-10-17(21)22/h9,11,13,16,18,20H,4-8,10,12H2,1-3H3,(H,21,22). The van der Waals surface area contributed by atoms with Crippen molar-refractivity contribution in [3.05, 3.63) is 23.3 Å². The first kappa shape index (κ1) is 20.4. The fourth-order valence-electron chi connectivity index (χ4n) is 2.98. The Hall–Kier alpha value is -1.62. The van der Waals surface area contributed by atoms with Gasteiger partial charge in [0.15, 0.2) is 0 Å². The summed E-state index contributed by atoms with van der Waals surface area (Å²) in [5.74, 6) is -1.17. The molecule has 1 rings (SSSR count). The van der Waals surface area contributed by atoms with Crippen molar-refractivity contribution in [1.82, 2.24) is 0 Å². The normalized spacial score (nSPS) is 24.8. The minimum Gasteiger partial charge on any atom is -0.481 e. The summed E-state index contributed by atoms with van der Waals surface area (Å²) in [5, 5.41) is 18.9. The monoisotopic (exact) mass is 338 g/mol. The van der Waals surface area contributed by atoms with Crippen LogP contribution in [0.2, 0.25) is 0 Å². The Kier molecular flexibility index (Phi) is 8.76. The fourth-order valence-corrected chi connectivity index (χ4v) is 2.98. The van der Waals surface area contributed by atoms with Crippen molar-refractivity contribution in [3.8, 4) is 0 Å². The van der Waals surface area contributed by atoms with Crippen LogP contribution < -0.4 is 0 Å². The van der Waals surface area contributed by atoms with Gasteiger partial charge in [0.25, 0.3) is 0 Å². The largest absolute Gasteiger partial charge is 0.481 e. The molecule has 1 saturated heterocycles. The number of aliphatic hydroxyl groups is 1. The van der Waals surface area contributed by atoms with E-state index in [1.165, 1.54) is 31.8 Å². The summed E-state index contributed by atoms with van der Waals surface area (Å²) in [6, 6.07) is 0. The van der Waals surface area contributed by atoms with Gasteiger partial charge >= 0.3 is 11.9 Å². The van der Waals surface area contributed by atoms with Crippen molar-refractivity contribution in [2.45, 2.75) is 77.9 Å². The molecule has 0 aromatic heterocycles. The van der Waals surface area contributed by atoms with Gasteiger partial charge in [-0.3, -0.25) is 4.79 Å². The average Bonchev–Trinajstić information content (AvgIpc) is 2.51. The summed E-state index contributed by atoms with van der Waals surface area (Å²) in [4.78, 5) is 22.6. The van der Waals surface area contributed by atoms with Crippen molar-refractivity contribution in [3.63, 3.8) is 0 Å². The molecule has 0 radical (unpaired) electrons. The number of esters is 1. The summed E-state index contributed by atoms with van der Waals surface area (Å²) in [6.07, 6.45) is 7.75. The predicted molar refractivity (Wildman–Crippen MR) is 92.5 cm³/mol. The van der Waals surface area contributed by atoms with Crippen LogP contribution in [-0.4, -0.2) is 34.4 Å². The van der Waals surface area contributed by atoms with Crippen LogP contribution >= 0.6 is 0 Å². The third-order valence-corrected chi connectivity index (χ3v) is 4.31. The summed E-state index contributed by atoms with van der Waals surface area (Å²) >= 11 is 0. The summed E-state index contributed by atoms with van der Waals surface area (Å²) in [5.41, 5.74) is 1.10. The van der Waals surface area contributed by atoms with E-state index in [-0.39, 0.29) is 18.4 Å². The molecule has 136 valence electrons. The molecular weight excluding hydrogens is 308 g/mol. The number of allylic oxidation sites excluding steroid dienone is 1. The molecule has 0 aliphatic carbocycles. The summed E-state index contributed by atoms with van der Waals surface area (Å²) in [7, 11) is 0. The van der Waals surface area contributed by atoms with Gasteiger partial charge in [0.1, 0.15) is 6.10 Å². The number of hydrogen-bond donors (Lipinski definition) is 2. The average molecular weight is 338 g/mol. The van der Waals surface area contributed by atoms with Gasteiger partial charge in [0.2, 0.25) is 0 Å². The van der Waals surface area contributed by atoms with Crippen LogP contribution in [0, 0.1) is 5.92 Å². The Balaban J connectivity index is 2.60. The van der Waals surface area contributed by atoms with Crippen LogP contribution in [0.25, 0.3) is 0 Å². The lowest BCUT2D eigenvalue weighted by Gasteiger charge is -2.30. The first-order valence-corrected chi connectivity index (χ1v) is 8.83. The number of cyclic esters (lactones) is 1. The molecule has 5 nitrogen and oxygen atoms in total. The molecule has 3 unspecified atom stereocenters. The highest BCUT2D eigenvalue weighted by atomic mass is 16.6. The maximum atomic E-state index is 12.0. The lowest BCUT2D eigenvalue weighted by molar-refractivity contribution is -0.152. The second-order valence-corrected chi connectivity index (χ2v) is 6.66. The molecule has 1 aliphatic rings. The molecule has 3 atom stereocenters. The highest BCUT2D eigenvalue weighted by Crippen LogP contribution is 2.26. The number of carbonyl (C=O) groups is 2. The minimum absolute atomic E-state index is 0.132. The van der Waals surface area contributed by atoms with Crippen molar-refractivity contribution in [1.29, 1.82) is 0 Å². The highest BCUT2D eigenvalue weighted by Gasteiger charge is 2.33. The Morgan fingerprint density at radius 2 is 2.08 bits per heavy atom. The topological polar surface area (TPSA) is 83.8 Å². The number of aliphatic carboxylic acids is 1. The van der Waals surface area contributed by atoms with Crippen molar-refractivity contribution < 1.29 is 24.5 Å². The molecule has 1 heterocycles. The van der Waals surface area contributed by atoms with Gasteiger partial charge in [-0.2, -0.15) is 0 Å². The maximum absolute atomic E-state index is 12.0. The zero-order chi connectivity index (χ0) is 18.1. The van der Waals surface area contributed by atoms with Gasteiger partial charge in [-0.25, -0.2) is 4.79 Å². The number of ether oxygens (including phenoxy) is 1. The highest BCUT2D eigenvalue weighted by molar-refractivity contribution is 5.90. The van der Waals surface area contributed by atoms with Gasteiger partial charge in [-0.15, -0.1) is 0 Å². The first-order valence-electron chi connectivity index (χ1n) is 8.83. The van der Waals surface area contributed by atoms with E-state index in [1.54, 1.807) is 0 Å². The van der Waals surface area contributed by atoms with E-state index in [0.29, 0.717) is 5.92 Å². The van der Waals surface area contributed by atoms with Gasteiger partial charge in [0, 0.05) is 12.0 Å². The third kappa shape index (κ3) is 6.87. The van der Waals surface area contributed by atoms with E-state index in [1.807, 2.05) is 6.92 Å². The lowest BCUT2D eigenvalue weighted by atomic mass is 9.92.